The van der Waals surface area contributed by atoms with Crippen molar-refractivity contribution in [2.45, 2.75) is 57.0 Å². The van der Waals surface area contributed by atoms with Gasteiger partial charge in [0.25, 0.3) is 0 Å². The fourth-order valence-electron chi connectivity index (χ4n) is 6.08. The molecule has 3 heterocycles. The van der Waals surface area contributed by atoms with E-state index in [0.29, 0.717) is 13.2 Å². The number of hydrogen-bond acceptors (Lipinski definition) is 3. The van der Waals surface area contributed by atoms with Gasteiger partial charge in [0.05, 0.1) is 18.1 Å². The number of ether oxygens (including phenoxy) is 2. The van der Waals surface area contributed by atoms with Crippen molar-refractivity contribution in [2.24, 2.45) is 5.41 Å². The molecule has 0 saturated carbocycles. The van der Waals surface area contributed by atoms with Gasteiger partial charge in [-0.15, -0.1) is 0 Å². The van der Waals surface area contributed by atoms with Crippen LogP contribution in [0.5, 0.6) is 0 Å². The highest BCUT2D eigenvalue weighted by molar-refractivity contribution is 5.88. The SMILES string of the molecule is Cc1cccc(C2(C(=O)N3CCC4(CC3)CO[C@@H](Cc3cccc(F)c3)C4)CCOCC2)c1. The molecule has 3 fully saturated rings. The number of likely N-dealkylation sites (tertiary alicyclic amines) is 1. The molecule has 0 aromatic heterocycles. The summed E-state index contributed by atoms with van der Waals surface area (Å²) in [7, 11) is 0. The van der Waals surface area contributed by atoms with Crippen molar-refractivity contribution < 1.29 is 18.7 Å². The predicted octanol–water partition coefficient (Wildman–Crippen LogP) is 4.82. The summed E-state index contributed by atoms with van der Waals surface area (Å²) >= 11 is 0. The zero-order valence-corrected chi connectivity index (χ0v) is 19.5. The van der Waals surface area contributed by atoms with Crippen LogP contribution in [0.2, 0.25) is 0 Å². The Balaban J connectivity index is 1.25. The van der Waals surface area contributed by atoms with Crippen molar-refractivity contribution in [1.29, 1.82) is 0 Å². The maximum absolute atomic E-state index is 13.9. The third-order valence-corrected chi connectivity index (χ3v) is 8.08. The van der Waals surface area contributed by atoms with Gasteiger partial charge in [0.2, 0.25) is 5.91 Å². The monoisotopic (exact) mass is 451 g/mol. The fourth-order valence-corrected chi connectivity index (χ4v) is 6.08. The highest BCUT2D eigenvalue weighted by atomic mass is 19.1. The van der Waals surface area contributed by atoms with Gasteiger partial charge < -0.3 is 14.4 Å². The van der Waals surface area contributed by atoms with Gasteiger partial charge in [-0.25, -0.2) is 4.39 Å². The van der Waals surface area contributed by atoms with Gasteiger partial charge in [0.1, 0.15) is 5.82 Å². The van der Waals surface area contributed by atoms with E-state index in [1.807, 2.05) is 6.07 Å². The molecule has 1 amide bonds. The Hall–Kier alpha value is -2.24. The number of halogens is 1. The standard InChI is InChI=1S/C28H34FNO3/c1-21-4-2-6-23(16-21)28(10-14-32-15-11-28)26(31)30-12-8-27(9-13-30)19-25(33-20-27)18-22-5-3-7-24(29)17-22/h2-7,16-17,25H,8-15,18-20H2,1H3/t25-/m0/s1. The smallest absolute Gasteiger partial charge is 0.233 e. The number of hydrogen-bond donors (Lipinski definition) is 0. The molecule has 0 radical (unpaired) electrons. The molecule has 4 nitrogen and oxygen atoms in total. The number of nitrogens with zero attached hydrogens (tertiary/aromatic N) is 1. The van der Waals surface area contributed by atoms with Gasteiger partial charge in [-0.1, -0.05) is 42.0 Å². The summed E-state index contributed by atoms with van der Waals surface area (Å²) in [5.41, 5.74) is 2.98. The first-order valence-corrected chi connectivity index (χ1v) is 12.3. The lowest BCUT2D eigenvalue weighted by atomic mass is 9.71. The predicted molar refractivity (Wildman–Crippen MR) is 126 cm³/mol. The molecule has 3 saturated heterocycles. The third kappa shape index (κ3) is 4.58. The first-order valence-electron chi connectivity index (χ1n) is 12.3. The molecule has 5 heteroatoms. The minimum Gasteiger partial charge on any atom is -0.381 e. The van der Waals surface area contributed by atoms with Crippen LogP contribution in [0.25, 0.3) is 0 Å². The van der Waals surface area contributed by atoms with E-state index in [4.69, 9.17) is 9.47 Å². The average Bonchev–Trinajstić information content (AvgIpc) is 3.21. The third-order valence-electron chi connectivity index (χ3n) is 8.08. The molecular formula is C28H34FNO3. The van der Waals surface area contributed by atoms with E-state index < -0.39 is 5.41 Å². The molecule has 1 atom stereocenters. The highest BCUT2D eigenvalue weighted by Gasteiger charge is 2.48. The molecule has 2 aromatic rings. The first kappa shape index (κ1) is 22.5. The quantitative estimate of drug-likeness (QED) is 0.669. The van der Waals surface area contributed by atoms with Crippen molar-refractivity contribution in [1.82, 2.24) is 4.90 Å². The Kier molecular flexibility index (Phi) is 6.28. The average molecular weight is 452 g/mol. The largest absolute Gasteiger partial charge is 0.381 e. The van der Waals surface area contributed by atoms with Gasteiger partial charge in [-0.05, 0) is 74.1 Å². The Bertz CT molecular complexity index is 992. The molecule has 1 spiro atoms. The maximum atomic E-state index is 13.9. The summed E-state index contributed by atoms with van der Waals surface area (Å²) in [6.07, 6.45) is 5.30. The summed E-state index contributed by atoms with van der Waals surface area (Å²) in [6.45, 7) is 5.66. The van der Waals surface area contributed by atoms with Crippen LogP contribution in [0.1, 0.15) is 48.8 Å². The van der Waals surface area contributed by atoms with Gasteiger partial charge in [0, 0.05) is 26.3 Å². The number of piperidine rings is 1. The van der Waals surface area contributed by atoms with Gasteiger partial charge in [-0.3, -0.25) is 4.79 Å². The first-order chi connectivity index (χ1) is 16.0. The van der Waals surface area contributed by atoms with Crippen LogP contribution >= 0.6 is 0 Å². The van der Waals surface area contributed by atoms with Crippen molar-refractivity contribution in [3.05, 3.63) is 71.0 Å². The second kappa shape index (κ2) is 9.19. The lowest BCUT2D eigenvalue weighted by Crippen LogP contribution is -2.53. The van der Waals surface area contributed by atoms with Crippen LogP contribution in [0.4, 0.5) is 4.39 Å². The minimum absolute atomic E-state index is 0.128. The number of aryl methyl sites for hydroxylation is 1. The van der Waals surface area contributed by atoms with Crippen LogP contribution in [0.15, 0.2) is 48.5 Å². The van der Waals surface area contributed by atoms with Crippen molar-refractivity contribution in [3.8, 4) is 0 Å². The fraction of sp³-hybridized carbons (Fsp3) is 0.536. The summed E-state index contributed by atoms with van der Waals surface area (Å²) < 4.78 is 25.4. The molecule has 33 heavy (non-hydrogen) atoms. The molecule has 0 N–H and O–H groups in total. The van der Waals surface area contributed by atoms with E-state index >= 15 is 0 Å². The molecule has 176 valence electrons. The highest BCUT2D eigenvalue weighted by Crippen LogP contribution is 2.44. The van der Waals surface area contributed by atoms with E-state index in [9.17, 15) is 9.18 Å². The van der Waals surface area contributed by atoms with Crippen LogP contribution in [-0.2, 0) is 26.1 Å². The van der Waals surface area contributed by atoms with Crippen molar-refractivity contribution in [2.75, 3.05) is 32.9 Å². The van der Waals surface area contributed by atoms with Crippen LogP contribution in [-0.4, -0.2) is 49.8 Å². The van der Waals surface area contributed by atoms with E-state index in [2.05, 4.69) is 36.1 Å². The molecule has 5 rings (SSSR count). The summed E-state index contributed by atoms with van der Waals surface area (Å²) in [5.74, 6) is 0.0733. The van der Waals surface area contributed by atoms with Crippen LogP contribution in [0, 0.1) is 18.2 Å². The normalized spacial score (nSPS) is 24.2. The summed E-state index contributed by atoms with van der Waals surface area (Å²) in [6, 6.07) is 15.3. The molecule has 2 aromatic carbocycles. The number of amides is 1. The van der Waals surface area contributed by atoms with E-state index in [1.54, 1.807) is 12.1 Å². The number of carbonyl (C=O) groups excluding carboxylic acids is 1. The Morgan fingerprint density at radius 3 is 2.55 bits per heavy atom. The van der Waals surface area contributed by atoms with E-state index in [1.165, 1.54) is 11.6 Å². The number of carbonyl (C=O) groups is 1. The summed E-state index contributed by atoms with van der Waals surface area (Å²) in [5, 5.41) is 0. The molecule has 3 aliphatic heterocycles. The van der Waals surface area contributed by atoms with Crippen LogP contribution in [0.3, 0.4) is 0 Å². The molecule has 0 unspecified atom stereocenters. The lowest BCUT2D eigenvalue weighted by molar-refractivity contribution is -0.143. The molecular weight excluding hydrogens is 417 g/mol. The lowest BCUT2D eigenvalue weighted by Gasteiger charge is -2.44. The van der Waals surface area contributed by atoms with Crippen LogP contribution < -0.4 is 0 Å². The van der Waals surface area contributed by atoms with Crippen molar-refractivity contribution >= 4 is 5.91 Å². The number of rotatable bonds is 4. The van der Waals surface area contributed by atoms with Gasteiger partial charge >= 0.3 is 0 Å². The van der Waals surface area contributed by atoms with E-state index in [-0.39, 0.29) is 23.2 Å². The maximum Gasteiger partial charge on any atom is 0.233 e. The van der Waals surface area contributed by atoms with Gasteiger partial charge in [-0.2, -0.15) is 0 Å². The minimum atomic E-state index is -0.471. The number of benzene rings is 2. The van der Waals surface area contributed by atoms with Gasteiger partial charge in [0.15, 0.2) is 0 Å². The zero-order valence-electron chi connectivity index (χ0n) is 19.5. The van der Waals surface area contributed by atoms with Crippen molar-refractivity contribution in [3.63, 3.8) is 0 Å². The molecule has 0 bridgehead atoms. The van der Waals surface area contributed by atoms with E-state index in [0.717, 1.165) is 69.3 Å². The Morgan fingerprint density at radius 1 is 1.06 bits per heavy atom. The topological polar surface area (TPSA) is 38.8 Å². The summed E-state index contributed by atoms with van der Waals surface area (Å²) in [4.78, 5) is 16.0. The molecule has 0 aliphatic carbocycles. The zero-order chi connectivity index (χ0) is 22.9. The molecule has 3 aliphatic rings. The Morgan fingerprint density at radius 2 is 1.82 bits per heavy atom. The second-order valence-electron chi connectivity index (χ2n) is 10.3. The Labute approximate surface area is 196 Å². The second-order valence-corrected chi connectivity index (χ2v) is 10.3.